The Morgan fingerprint density at radius 1 is 1.08 bits per heavy atom. The number of anilines is 1. The van der Waals surface area contributed by atoms with E-state index < -0.39 is 16.0 Å². The zero-order chi connectivity index (χ0) is 18.4. The largest absolute Gasteiger partial charge is 0.497 e. The smallest absolute Gasteiger partial charge is 0.338 e. The van der Waals surface area contributed by atoms with Crippen LogP contribution in [0.1, 0.15) is 17.3 Å². The number of hydrogen-bond acceptors (Lipinski definition) is 6. The normalized spacial score (nSPS) is 10.8. The third-order valence-electron chi connectivity index (χ3n) is 3.29. The number of rotatable bonds is 7. The Balaban J connectivity index is 2.33. The summed E-state index contributed by atoms with van der Waals surface area (Å²) in [6.45, 7) is 1.93. The highest BCUT2D eigenvalue weighted by Gasteiger charge is 2.21. The zero-order valence-electron chi connectivity index (χ0n) is 14.1. The number of benzene rings is 2. The average Bonchev–Trinajstić information content (AvgIpc) is 2.61. The molecule has 8 heteroatoms. The molecule has 0 amide bonds. The predicted octanol–water partition coefficient (Wildman–Crippen LogP) is 2.68. The summed E-state index contributed by atoms with van der Waals surface area (Å²) in [6, 6.07) is 10.4. The minimum Gasteiger partial charge on any atom is -0.497 e. The monoisotopic (exact) mass is 365 g/mol. The van der Waals surface area contributed by atoms with Crippen LogP contribution in [-0.2, 0) is 14.8 Å². The summed E-state index contributed by atoms with van der Waals surface area (Å²) in [4.78, 5) is 11.7. The maximum absolute atomic E-state index is 12.6. The lowest BCUT2D eigenvalue weighted by atomic mass is 10.2. The molecule has 7 nitrogen and oxygen atoms in total. The van der Waals surface area contributed by atoms with E-state index in [1.807, 2.05) is 0 Å². The van der Waals surface area contributed by atoms with Gasteiger partial charge >= 0.3 is 5.97 Å². The van der Waals surface area contributed by atoms with Crippen LogP contribution in [0.25, 0.3) is 0 Å². The zero-order valence-corrected chi connectivity index (χ0v) is 14.9. The van der Waals surface area contributed by atoms with Crippen molar-refractivity contribution in [2.24, 2.45) is 0 Å². The summed E-state index contributed by atoms with van der Waals surface area (Å²) in [5.74, 6) is 0.0964. The van der Waals surface area contributed by atoms with Crippen LogP contribution in [0.4, 0.5) is 5.69 Å². The van der Waals surface area contributed by atoms with Crippen molar-refractivity contribution in [1.29, 1.82) is 0 Å². The van der Waals surface area contributed by atoms with E-state index in [-0.39, 0.29) is 28.5 Å². The SMILES string of the molecule is CCOC(=O)c1cccc(NS(=O)(=O)c2ccc(OC)cc2OC)c1. The first-order chi connectivity index (χ1) is 11.9. The number of carbonyl (C=O) groups is 1. The number of sulfonamides is 1. The number of methoxy groups -OCH3 is 2. The fraction of sp³-hybridized carbons (Fsp3) is 0.235. The van der Waals surface area contributed by atoms with E-state index in [1.54, 1.807) is 19.1 Å². The highest BCUT2D eigenvalue weighted by atomic mass is 32.2. The van der Waals surface area contributed by atoms with Gasteiger partial charge in [0.05, 0.1) is 26.4 Å². The van der Waals surface area contributed by atoms with Gasteiger partial charge in [0.25, 0.3) is 10.0 Å². The average molecular weight is 365 g/mol. The van der Waals surface area contributed by atoms with Gasteiger partial charge in [0.1, 0.15) is 16.4 Å². The fourth-order valence-corrected chi connectivity index (χ4v) is 3.33. The van der Waals surface area contributed by atoms with Crippen LogP contribution in [-0.4, -0.2) is 35.2 Å². The van der Waals surface area contributed by atoms with Crippen molar-refractivity contribution in [1.82, 2.24) is 0 Å². The van der Waals surface area contributed by atoms with Gasteiger partial charge in [-0.05, 0) is 37.3 Å². The van der Waals surface area contributed by atoms with Crippen LogP contribution in [0.2, 0.25) is 0 Å². The first-order valence-electron chi connectivity index (χ1n) is 7.43. The van der Waals surface area contributed by atoms with Crippen LogP contribution < -0.4 is 14.2 Å². The number of ether oxygens (including phenoxy) is 3. The van der Waals surface area contributed by atoms with E-state index in [0.29, 0.717) is 5.75 Å². The predicted molar refractivity (Wildman–Crippen MR) is 92.8 cm³/mol. The Labute approximate surface area is 146 Å². The van der Waals surface area contributed by atoms with Gasteiger partial charge in [-0.15, -0.1) is 0 Å². The molecule has 0 aromatic heterocycles. The van der Waals surface area contributed by atoms with E-state index in [4.69, 9.17) is 14.2 Å². The second-order valence-corrected chi connectivity index (χ2v) is 6.57. The summed E-state index contributed by atoms with van der Waals surface area (Å²) in [6.07, 6.45) is 0. The summed E-state index contributed by atoms with van der Waals surface area (Å²) >= 11 is 0. The molecule has 25 heavy (non-hydrogen) atoms. The van der Waals surface area contributed by atoms with E-state index in [0.717, 1.165) is 0 Å². The molecule has 0 aliphatic heterocycles. The molecule has 0 spiro atoms. The number of carbonyl (C=O) groups excluding carboxylic acids is 1. The van der Waals surface area contributed by atoms with Crippen molar-refractivity contribution >= 4 is 21.7 Å². The maximum atomic E-state index is 12.6. The van der Waals surface area contributed by atoms with Gasteiger partial charge in [0.2, 0.25) is 0 Å². The van der Waals surface area contributed by atoms with Gasteiger partial charge in [-0.1, -0.05) is 6.07 Å². The Morgan fingerprint density at radius 2 is 1.84 bits per heavy atom. The molecule has 2 aromatic rings. The lowest BCUT2D eigenvalue weighted by molar-refractivity contribution is 0.0526. The van der Waals surface area contributed by atoms with E-state index >= 15 is 0 Å². The molecular formula is C17H19NO6S. The summed E-state index contributed by atoms with van der Waals surface area (Å²) in [5.41, 5.74) is 0.493. The number of hydrogen-bond donors (Lipinski definition) is 1. The van der Waals surface area contributed by atoms with Gasteiger partial charge < -0.3 is 14.2 Å². The fourth-order valence-electron chi connectivity index (χ4n) is 2.13. The van der Waals surface area contributed by atoms with Crippen LogP contribution in [0.5, 0.6) is 11.5 Å². The van der Waals surface area contributed by atoms with Gasteiger partial charge in [-0.25, -0.2) is 13.2 Å². The minimum atomic E-state index is -3.92. The van der Waals surface area contributed by atoms with Crippen molar-refractivity contribution in [3.63, 3.8) is 0 Å². The number of esters is 1. The first-order valence-corrected chi connectivity index (χ1v) is 8.91. The molecule has 1 N–H and O–H groups in total. The molecule has 0 radical (unpaired) electrons. The lowest BCUT2D eigenvalue weighted by Gasteiger charge is -2.13. The first kappa shape index (κ1) is 18.6. The molecule has 0 aliphatic carbocycles. The van der Waals surface area contributed by atoms with E-state index in [9.17, 15) is 13.2 Å². The quantitative estimate of drug-likeness (QED) is 0.759. The van der Waals surface area contributed by atoms with Crippen LogP contribution >= 0.6 is 0 Å². The third-order valence-corrected chi connectivity index (χ3v) is 4.71. The Bertz CT molecular complexity index is 863. The van der Waals surface area contributed by atoms with Crippen molar-refractivity contribution in [2.75, 3.05) is 25.5 Å². The molecule has 134 valence electrons. The highest BCUT2D eigenvalue weighted by molar-refractivity contribution is 7.92. The summed E-state index contributed by atoms with van der Waals surface area (Å²) < 4.78 is 42.8. The molecule has 0 saturated heterocycles. The van der Waals surface area contributed by atoms with Gasteiger partial charge in [-0.2, -0.15) is 0 Å². The third kappa shape index (κ3) is 4.42. The number of nitrogens with one attached hydrogen (secondary N) is 1. The second kappa shape index (κ2) is 7.89. The van der Waals surface area contributed by atoms with Crippen molar-refractivity contribution in [3.05, 3.63) is 48.0 Å². The molecule has 0 unspecified atom stereocenters. The molecule has 0 atom stereocenters. The molecule has 2 rings (SSSR count). The molecule has 0 saturated carbocycles. The van der Waals surface area contributed by atoms with E-state index in [1.165, 1.54) is 44.6 Å². The molecule has 0 bridgehead atoms. The Kier molecular flexibility index (Phi) is 5.87. The van der Waals surface area contributed by atoms with Crippen LogP contribution in [0.15, 0.2) is 47.4 Å². The topological polar surface area (TPSA) is 90.9 Å². The van der Waals surface area contributed by atoms with Crippen molar-refractivity contribution in [2.45, 2.75) is 11.8 Å². The molecule has 0 aliphatic rings. The summed E-state index contributed by atoms with van der Waals surface area (Å²) in [7, 11) is -1.07. The Morgan fingerprint density at radius 3 is 2.48 bits per heavy atom. The van der Waals surface area contributed by atoms with Crippen molar-refractivity contribution in [3.8, 4) is 11.5 Å². The lowest BCUT2D eigenvalue weighted by Crippen LogP contribution is -2.15. The Hall–Kier alpha value is -2.74. The van der Waals surface area contributed by atoms with Gasteiger partial charge in [-0.3, -0.25) is 4.72 Å². The minimum absolute atomic E-state index is 0.0441. The second-order valence-electron chi connectivity index (χ2n) is 4.92. The van der Waals surface area contributed by atoms with Gasteiger partial charge in [0, 0.05) is 11.8 Å². The van der Waals surface area contributed by atoms with E-state index in [2.05, 4.69) is 4.72 Å². The molecule has 0 heterocycles. The summed E-state index contributed by atoms with van der Waals surface area (Å²) in [5, 5.41) is 0. The standard InChI is InChI=1S/C17H19NO6S/c1-4-24-17(19)12-6-5-7-13(10-12)18-25(20,21)16-9-8-14(22-2)11-15(16)23-3/h5-11,18H,4H2,1-3H3. The van der Waals surface area contributed by atoms with Gasteiger partial charge in [0.15, 0.2) is 0 Å². The van der Waals surface area contributed by atoms with Crippen LogP contribution in [0.3, 0.4) is 0 Å². The van der Waals surface area contributed by atoms with Crippen molar-refractivity contribution < 1.29 is 27.4 Å². The highest BCUT2D eigenvalue weighted by Crippen LogP contribution is 2.29. The van der Waals surface area contributed by atoms with Crippen LogP contribution in [0, 0.1) is 0 Å². The molecule has 0 fully saturated rings. The maximum Gasteiger partial charge on any atom is 0.338 e. The molecular weight excluding hydrogens is 346 g/mol. The molecule has 2 aromatic carbocycles.